The molecule has 2 aromatic carbocycles. The largest absolute Gasteiger partial charge is 0.491 e. The Bertz CT molecular complexity index is 911. The number of nitrogens with one attached hydrogen (secondary N) is 1. The van der Waals surface area contributed by atoms with Gasteiger partial charge in [0.2, 0.25) is 5.91 Å². The minimum absolute atomic E-state index is 0.0339. The molecule has 1 atom stereocenters. The number of rotatable bonds is 0. The molecule has 0 aliphatic carbocycles. The van der Waals surface area contributed by atoms with E-state index in [1.165, 1.54) is 0 Å². The molecule has 0 fully saturated rings. The van der Waals surface area contributed by atoms with Crippen molar-refractivity contribution >= 4 is 22.6 Å². The Labute approximate surface area is 120 Å². The molecule has 2 aliphatic heterocycles. The Hall–Kier alpha value is -2.75. The molecule has 21 heavy (non-hydrogen) atoms. The standard InChI is InChI=1S/C17H11NO3/c19-16-17(11-3-1-2-4-13(11)18-16)9-21-15-7-10-5-6-20-14(10)8-12(15)17/h1-8H,9H2,(H,18,19). The maximum Gasteiger partial charge on any atom is 0.243 e. The first-order valence-electron chi connectivity index (χ1n) is 6.84. The SMILES string of the molecule is O=C1Nc2ccccc2C12COc1cc3ccoc3cc12. The lowest BCUT2D eigenvalue weighted by Crippen LogP contribution is -2.37. The summed E-state index contributed by atoms with van der Waals surface area (Å²) in [5.41, 5.74) is 2.73. The Morgan fingerprint density at radius 3 is 2.95 bits per heavy atom. The molecule has 1 spiro atoms. The molecule has 4 heteroatoms. The van der Waals surface area contributed by atoms with Gasteiger partial charge in [-0.05, 0) is 29.8 Å². The zero-order chi connectivity index (χ0) is 14.0. The normalized spacial score (nSPS) is 22.2. The predicted molar refractivity (Wildman–Crippen MR) is 77.6 cm³/mol. The van der Waals surface area contributed by atoms with E-state index in [1.54, 1.807) is 6.26 Å². The third-order valence-electron chi connectivity index (χ3n) is 4.48. The molecule has 0 radical (unpaired) electrons. The summed E-state index contributed by atoms with van der Waals surface area (Å²) in [7, 11) is 0. The number of ether oxygens (including phenoxy) is 1. The van der Waals surface area contributed by atoms with E-state index in [1.807, 2.05) is 42.5 Å². The van der Waals surface area contributed by atoms with Gasteiger partial charge in [-0.15, -0.1) is 0 Å². The number of para-hydroxylation sites is 1. The van der Waals surface area contributed by atoms with E-state index >= 15 is 0 Å². The van der Waals surface area contributed by atoms with Crippen LogP contribution in [0.1, 0.15) is 11.1 Å². The highest BCUT2D eigenvalue weighted by atomic mass is 16.5. The van der Waals surface area contributed by atoms with Crippen LogP contribution in [0, 0.1) is 0 Å². The van der Waals surface area contributed by atoms with Gasteiger partial charge in [0.1, 0.15) is 23.4 Å². The predicted octanol–water partition coefficient (Wildman–Crippen LogP) is 3.06. The van der Waals surface area contributed by atoms with Gasteiger partial charge in [0.15, 0.2) is 0 Å². The van der Waals surface area contributed by atoms with E-state index in [0.717, 1.165) is 33.5 Å². The van der Waals surface area contributed by atoms with E-state index in [9.17, 15) is 4.79 Å². The van der Waals surface area contributed by atoms with Crippen molar-refractivity contribution in [1.29, 1.82) is 0 Å². The van der Waals surface area contributed by atoms with Crippen LogP contribution < -0.4 is 10.1 Å². The molecule has 1 amide bonds. The van der Waals surface area contributed by atoms with Gasteiger partial charge in [-0.2, -0.15) is 0 Å². The number of benzene rings is 2. The maximum absolute atomic E-state index is 12.7. The van der Waals surface area contributed by atoms with Gasteiger partial charge in [0.25, 0.3) is 0 Å². The minimum atomic E-state index is -0.757. The van der Waals surface area contributed by atoms with Crippen molar-refractivity contribution in [1.82, 2.24) is 0 Å². The summed E-state index contributed by atoms with van der Waals surface area (Å²) in [5.74, 6) is 0.726. The van der Waals surface area contributed by atoms with Crippen LogP contribution in [0.25, 0.3) is 11.0 Å². The Kier molecular flexibility index (Phi) is 1.81. The zero-order valence-corrected chi connectivity index (χ0v) is 11.1. The summed E-state index contributed by atoms with van der Waals surface area (Å²) in [6, 6.07) is 13.5. The molecule has 1 N–H and O–H groups in total. The van der Waals surface area contributed by atoms with E-state index < -0.39 is 5.41 Å². The molecule has 5 rings (SSSR count). The average molecular weight is 277 g/mol. The van der Waals surface area contributed by atoms with Gasteiger partial charge < -0.3 is 14.5 Å². The van der Waals surface area contributed by atoms with Gasteiger partial charge in [-0.1, -0.05) is 18.2 Å². The maximum atomic E-state index is 12.7. The summed E-state index contributed by atoms with van der Waals surface area (Å²) in [6.45, 7) is 0.331. The summed E-state index contributed by atoms with van der Waals surface area (Å²) >= 11 is 0. The molecule has 1 aromatic heterocycles. The number of carbonyl (C=O) groups is 1. The Morgan fingerprint density at radius 2 is 2.00 bits per heavy atom. The number of hydrogen-bond donors (Lipinski definition) is 1. The second kappa shape index (κ2) is 3.47. The van der Waals surface area contributed by atoms with Crippen LogP contribution in [0.4, 0.5) is 5.69 Å². The van der Waals surface area contributed by atoms with Crippen LogP contribution >= 0.6 is 0 Å². The van der Waals surface area contributed by atoms with Crippen LogP contribution in [0.3, 0.4) is 0 Å². The smallest absolute Gasteiger partial charge is 0.243 e. The molecule has 2 aliphatic rings. The number of amides is 1. The van der Waals surface area contributed by atoms with Gasteiger partial charge in [0.05, 0.1) is 6.26 Å². The van der Waals surface area contributed by atoms with Crippen LogP contribution in [0.5, 0.6) is 5.75 Å². The lowest BCUT2D eigenvalue weighted by Gasteiger charge is -2.19. The molecule has 0 saturated heterocycles. The van der Waals surface area contributed by atoms with E-state index in [-0.39, 0.29) is 5.91 Å². The first-order valence-corrected chi connectivity index (χ1v) is 6.84. The van der Waals surface area contributed by atoms with Gasteiger partial charge in [-0.3, -0.25) is 4.79 Å². The Morgan fingerprint density at radius 1 is 1.10 bits per heavy atom. The third kappa shape index (κ3) is 1.18. The molecule has 0 bridgehead atoms. The summed E-state index contributed by atoms with van der Waals surface area (Å²) in [6.07, 6.45) is 1.65. The minimum Gasteiger partial charge on any atom is -0.491 e. The van der Waals surface area contributed by atoms with Crippen LogP contribution in [-0.4, -0.2) is 12.5 Å². The molecule has 0 saturated carbocycles. The third-order valence-corrected chi connectivity index (χ3v) is 4.48. The highest BCUT2D eigenvalue weighted by molar-refractivity contribution is 6.10. The molecule has 4 nitrogen and oxygen atoms in total. The van der Waals surface area contributed by atoms with Gasteiger partial charge in [0, 0.05) is 16.6 Å². The van der Waals surface area contributed by atoms with Crippen molar-refractivity contribution in [2.45, 2.75) is 5.41 Å². The lowest BCUT2D eigenvalue weighted by atomic mass is 9.77. The number of hydrogen-bond acceptors (Lipinski definition) is 3. The molecular weight excluding hydrogens is 266 g/mol. The van der Waals surface area contributed by atoms with E-state index in [0.29, 0.717) is 6.61 Å². The lowest BCUT2D eigenvalue weighted by molar-refractivity contribution is -0.119. The van der Waals surface area contributed by atoms with Crippen LogP contribution in [0.15, 0.2) is 53.1 Å². The number of carbonyl (C=O) groups excluding carboxylic acids is 1. The van der Waals surface area contributed by atoms with Crippen LogP contribution in [-0.2, 0) is 10.2 Å². The molecule has 1 unspecified atom stereocenters. The van der Waals surface area contributed by atoms with E-state index in [2.05, 4.69) is 5.32 Å². The fourth-order valence-electron chi connectivity index (χ4n) is 3.43. The van der Waals surface area contributed by atoms with E-state index in [4.69, 9.17) is 9.15 Å². The fraction of sp³-hybridized carbons (Fsp3) is 0.118. The zero-order valence-electron chi connectivity index (χ0n) is 11.1. The second-order valence-corrected chi connectivity index (χ2v) is 5.50. The van der Waals surface area contributed by atoms with Crippen molar-refractivity contribution in [3.8, 4) is 5.75 Å². The average Bonchev–Trinajstić information content (AvgIpc) is 3.16. The first kappa shape index (κ1) is 11.0. The quantitative estimate of drug-likeness (QED) is 0.687. The number of fused-ring (bicyclic) bond motifs is 5. The summed E-state index contributed by atoms with van der Waals surface area (Å²) in [5, 5.41) is 3.95. The van der Waals surface area contributed by atoms with Gasteiger partial charge >= 0.3 is 0 Å². The van der Waals surface area contributed by atoms with Crippen molar-refractivity contribution in [3.63, 3.8) is 0 Å². The van der Waals surface area contributed by atoms with Crippen LogP contribution in [0.2, 0.25) is 0 Å². The Balaban J connectivity index is 1.85. The fourth-order valence-corrected chi connectivity index (χ4v) is 3.43. The van der Waals surface area contributed by atoms with Crippen molar-refractivity contribution < 1.29 is 13.9 Å². The molecule has 3 aromatic rings. The summed E-state index contributed by atoms with van der Waals surface area (Å²) in [4.78, 5) is 12.7. The highest BCUT2D eigenvalue weighted by Gasteiger charge is 2.53. The number of anilines is 1. The van der Waals surface area contributed by atoms with Crippen molar-refractivity contribution in [2.24, 2.45) is 0 Å². The molecular formula is C17H11NO3. The highest BCUT2D eigenvalue weighted by Crippen LogP contribution is 2.50. The van der Waals surface area contributed by atoms with Crippen molar-refractivity contribution in [2.75, 3.05) is 11.9 Å². The first-order chi connectivity index (χ1) is 10.3. The second-order valence-electron chi connectivity index (χ2n) is 5.50. The topological polar surface area (TPSA) is 51.5 Å². The van der Waals surface area contributed by atoms with Crippen molar-refractivity contribution in [3.05, 3.63) is 59.9 Å². The molecule has 102 valence electrons. The summed E-state index contributed by atoms with van der Waals surface area (Å²) < 4.78 is 11.3. The molecule has 3 heterocycles. The number of furan rings is 1. The monoisotopic (exact) mass is 277 g/mol. The van der Waals surface area contributed by atoms with Gasteiger partial charge in [-0.25, -0.2) is 0 Å².